The van der Waals surface area contributed by atoms with Crippen molar-refractivity contribution in [3.05, 3.63) is 51.1 Å². The molecule has 4 heterocycles. The number of nitrogens with zero attached hydrogens (tertiary/aromatic N) is 5. The van der Waals surface area contributed by atoms with Crippen LogP contribution in [-0.2, 0) is 23.2 Å². The van der Waals surface area contributed by atoms with Crippen LogP contribution in [0.5, 0.6) is 0 Å². The number of ether oxygens (including phenoxy) is 1. The van der Waals surface area contributed by atoms with Crippen LogP contribution in [0.1, 0.15) is 62.2 Å². The summed E-state index contributed by atoms with van der Waals surface area (Å²) in [5.74, 6) is 0.760. The zero-order chi connectivity index (χ0) is 20.6. The highest BCUT2D eigenvalue weighted by atomic mass is 16.5. The van der Waals surface area contributed by atoms with Gasteiger partial charge in [-0.3, -0.25) is 4.79 Å². The predicted octanol–water partition coefficient (Wildman–Crippen LogP) is 2.72. The molecule has 0 radical (unpaired) electrons. The maximum atomic E-state index is 12.4. The quantitative estimate of drug-likeness (QED) is 0.780. The summed E-state index contributed by atoms with van der Waals surface area (Å²) < 4.78 is 7.14. The molecule has 2 aromatic heterocycles. The van der Waals surface area contributed by atoms with Gasteiger partial charge in [-0.25, -0.2) is 9.67 Å². The second-order valence-corrected chi connectivity index (χ2v) is 8.85. The molecule has 29 heavy (non-hydrogen) atoms. The van der Waals surface area contributed by atoms with E-state index in [9.17, 15) is 10.1 Å². The fourth-order valence-electron chi connectivity index (χ4n) is 4.01. The number of aromatic nitrogens is 3. The lowest BCUT2D eigenvalue weighted by Gasteiger charge is -2.34. The van der Waals surface area contributed by atoms with Crippen LogP contribution in [0.25, 0.3) is 0 Å². The van der Waals surface area contributed by atoms with Gasteiger partial charge in [0.15, 0.2) is 0 Å². The SMILES string of the molecule is CC(C)(C)c1ccc(=O)n(C2CCN(c3nc4c(cc3C#N)COCC4)CC2)n1. The van der Waals surface area contributed by atoms with Crippen LogP contribution in [0.2, 0.25) is 0 Å². The van der Waals surface area contributed by atoms with Crippen LogP contribution in [0.15, 0.2) is 23.0 Å². The number of nitriles is 1. The molecule has 1 fully saturated rings. The Labute approximate surface area is 170 Å². The van der Waals surface area contributed by atoms with Gasteiger partial charge in [-0.15, -0.1) is 0 Å². The fraction of sp³-hybridized carbons (Fsp3) is 0.545. The topological polar surface area (TPSA) is 84.0 Å². The third-order valence-corrected chi connectivity index (χ3v) is 5.74. The highest BCUT2D eigenvalue weighted by Gasteiger charge is 2.27. The molecular weight excluding hydrogens is 366 g/mol. The first-order valence-electron chi connectivity index (χ1n) is 10.2. The Morgan fingerprint density at radius 2 is 2.00 bits per heavy atom. The van der Waals surface area contributed by atoms with Gasteiger partial charge in [0.2, 0.25) is 0 Å². The maximum Gasteiger partial charge on any atom is 0.267 e. The van der Waals surface area contributed by atoms with Gasteiger partial charge in [-0.05, 0) is 25.0 Å². The molecule has 0 aromatic carbocycles. The molecule has 2 aromatic rings. The van der Waals surface area contributed by atoms with E-state index in [2.05, 4.69) is 36.8 Å². The third kappa shape index (κ3) is 3.90. The molecule has 152 valence electrons. The van der Waals surface area contributed by atoms with Gasteiger partial charge in [0, 0.05) is 36.6 Å². The van der Waals surface area contributed by atoms with Crippen molar-refractivity contribution < 1.29 is 4.74 Å². The van der Waals surface area contributed by atoms with Crippen molar-refractivity contribution in [3.63, 3.8) is 0 Å². The van der Waals surface area contributed by atoms with E-state index in [1.54, 1.807) is 10.7 Å². The van der Waals surface area contributed by atoms with E-state index in [4.69, 9.17) is 9.72 Å². The Morgan fingerprint density at radius 3 is 2.69 bits per heavy atom. The summed E-state index contributed by atoms with van der Waals surface area (Å²) in [6.45, 7) is 8.99. The predicted molar refractivity (Wildman–Crippen MR) is 110 cm³/mol. The Balaban J connectivity index is 1.55. The van der Waals surface area contributed by atoms with Gasteiger partial charge >= 0.3 is 0 Å². The number of pyridine rings is 1. The molecule has 0 spiro atoms. The van der Waals surface area contributed by atoms with Crippen LogP contribution in [-0.4, -0.2) is 34.5 Å². The number of hydrogen-bond donors (Lipinski definition) is 0. The largest absolute Gasteiger partial charge is 0.376 e. The summed E-state index contributed by atoms with van der Waals surface area (Å²) >= 11 is 0. The summed E-state index contributed by atoms with van der Waals surface area (Å²) in [6.07, 6.45) is 2.38. The van der Waals surface area contributed by atoms with Crippen LogP contribution < -0.4 is 10.5 Å². The number of rotatable bonds is 2. The minimum atomic E-state index is -0.103. The molecule has 7 heteroatoms. The van der Waals surface area contributed by atoms with E-state index in [0.717, 1.165) is 55.1 Å². The van der Waals surface area contributed by atoms with Gasteiger partial charge < -0.3 is 9.64 Å². The van der Waals surface area contributed by atoms with E-state index < -0.39 is 0 Å². The summed E-state index contributed by atoms with van der Waals surface area (Å²) in [5.41, 5.74) is 3.40. The minimum Gasteiger partial charge on any atom is -0.376 e. The van der Waals surface area contributed by atoms with Crippen molar-refractivity contribution in [3.8, 4) is 6.07 Å². The number of fused-ring (bicyclic) bond motifs is 1. The normalized spacial score (nSPS) is 17.7. The lowest BCUT2D eigenvalue weighted by Crippen LogP contribution is -2.40. The summed E-state index contributed by atoms with van der Waals surface area (Å²) in [6, 6.07) is 7.73. The van der Waals surface area contributed by atoms with E-state index in [0.29, 0.717) is 18.8 Å². The van der Waals surface area contributed by atoms with Crippen molar-refractivity contribution >= 4 is 5.82 Å². The van der Waals surface area contributed by atoms with Crippen LogP contribution >= 0.6 is 0 Å². The Morgan fingerprint density at radius 1 is 1.24 bits per heavy atom. The number of anilines is 1. The molecule has 1 saturated heterocycles. The summed E-state index contributed by atoms with van der Waals surface area (Å²) in [7, 11) is 0. The van der Waals surface area contributed by atoms with Crippen LogP contribution in [0.4, 0.5) is 5.82 Å². The number of piperidine rings is 1. The van der Waals surface area contributed by atoms with E-state index in [1.165, 1.54) is 0 Å². The first-order valence-corrected chi connectivity index (χ1v) is 10.2. The molecule has 2 aliphatic heterocycles. The Bertz CT molecular complexity index is 1010. The molecule has 0 amide bonds. The highest BCUT2D eigenvalue weighted by molar-refractivity contribution is 5.56. The zero-order valence-corrected chi connectivity index (χ0v) is 17.3. The van der Waals surface area contributed by atoms with Crippen molar-refractivity contribution in [2.45, 2.75) is 58.1 Å². The van der Waals surface area contributed by atoms with Gasteiger partial charge in [-0.1, -0.05) is 20.8 Å². The minimum absolute atomic E-state index is 0.0546. The average Bonchev–Trinajstić information content (AvgIpc) is 2.72. The third-order valence-electron chi connectivity index (χ3n) is 5.74. The second-order valence-electron chi connectivity index (χ2n) is 8.85. The standard InChI is InChI=1S/C22H27N5O2/c1-22(2,3)19-4-5-20(28)27(25-19)17-6-9-26(10-7-17)21-15(13-23)12-16-14-29-11-8-18(16)24-21/h4-5,12,17H,6-11,14H2,1-3H3. The molecule has 4 rings (SSSR count). The molecule has 0 saturated carbocycles. The van der Waals surface area contributed by atoms with E-state index in [1.807, 2.05) is 12.1 Å². The van der Waals surface area contributed by atoms with Gasteiger partial charge in [-0.2, -0.15) is 10.4 Å². The molecule has 2 aliphatic rings. The average molecular weight is 393 g/mol. The van der Waals surface area contributed by atoms with Crippen molar-refractivity contribution in [2.75, 3.05) is 24.6 Å². The van der Waals surface area contributed by atoms with Crippen molar-refractivity contribution in [1.82, 2.24) is 14.8 Å². The lowest BCUT2D eigenvalue weighted by molar-refractivity contribution is 0.109. The lowest BCUT2D eigenvalue weighted by atomic mass is 9.92. The molecule has 0 bridgehead atoms. The maximum absolute atomic E-state index is 12.4. The highest BCUT2D eigenvalue weighted by Crippen LogP contribution is 2.29. The molecule has 0 aliphatic carbocycles. The number of hydrogen-bond acceptors (Lipinski definition) is 6. The monoisotopic (exact) mass is 393 g/mol. The van der Waals surface area contributed by atoms with Gasteiger partial charge in [0.05, 0.1) is 36.2 Å². The van der Waals surface area contributed by atoms with Crippen molar-refractivity contribution in [2.24, 2.45) is 0 Å². The van der Waals surface area contributed by atoms with Crippen LogP contribution in [0.3, 0.4) is 0 Å². The van der Waals surface area contributed by atoms with Gasteiger partial charge in [0.25, 0.3) is 5.56 Å². The van der Waals surface area contributed by atoms with E-state index >= 15 is 0 Å². The Hall–Kier alpha value is -2.72. The zero-order valence-electron chi connectivity index (χ0n) is 17.3. The fourth-order valence-corrected chi connectivity index (χ4v) is 4.01. The smallest absolute Gasteiger partial charge is 0.267 e. The van der Waals surface area contributed by atoms with E-state index in [-0.39, 0.29) is 17.0 Å². The molecule has 0 unspecified atom stereocenters. The first-order chi connectivity index (χ1) is 13.9. The summed E-state index contributed by atoms with van der Waals surface area (Å²) in [4.78, 5) is 19.4. The van der Waals surface area contributed by atoms with Crippen molar-refractivity contribution in [1.29, 1.82) is 5.26 Å². The molecule has 0 atom stereocenters. The molecule has 0 N–H and O–H groups in total. The Kier molecular flexibility index (Phi) is 5.13. The van der Waals surface area contributed by atoms with Gasteiger partial charge in [0.1, 0.15) is 11.9 Å². The second kappa shape index (κ2) is 7.60. The van der Waals surface area contributed by atoms with Crippen LogP contribution in [0, 0.1) is 11.3 Å². The molecular formula is C22H27N5O2. The first kappa shape index (κ1) is 19.6. The molecule has 7 nitrogen and oxygen atoms in total. The summed E-state index contributed by atoms with van der Waals surface area (Å²) in [5, 5.41) is 14.3.